The van der Waals surface area contributed by atoms with Crippen molar-refractivity contribution in [2.75, 3.05) is 0 Å². The highest BCUT2D eigenvalue weighted by Gasteiger charge is 2.11. The zero-order valence-corrected chi connectivity index (χ0v) is 12.0. The van der Waals surface area contributed by atoms with Gasteiger partial charge in [-0.1, -0.05) is 34.6 Å². The first kappa shape index (κ1) is 12.9. The molecule has 102 valence electrons. The molecule has 0 aliphatic carbocycles. The molecule has 0 bridgehead atoms. The van der Waals surface area contributed by atoms with Crippen molar-refractivity contribution in [2.24, 2.45) is 0 Å². The molecule has 0 unspecified atom stereocenters. The predicted molar refractivity (Wildman–Crippen MR) is 74.7 cm³/mol. The predicted octanol–water partition coefficient (Wildman–Crippen LogP) is 2.56. The molecule has 2 aromatic heterocycles. The summed E-state index contributed by atoms with van der Waals surface area (Å²) >= 11 is 1.52. The Morgan fingerprint density at radius 1 is 1.25 bits per heavy atom. The van der Waals surface area contributed by atoms with E-state index in [4.69, 9.17) is 4.52 Å². The lowest BCUT2D eigenvalue weighted by molar-refractivity contribution is 0.414. The minimum absolute atomic E-state index is 0.668. The number of tetrazole rings is 1. The van der Waals surface area contributed by atoms with Gasteiger partial charge in [-0.2, -0.15) is 4.68 Å². The number of nitrogens with zero attached hydrogens (tertiary/aromatic N) is 5. The van der Waals surface area contributed by atoms with Crippen LogP contribution in [0.2, 0.25) is 0 Å². The first-order valence-electron chi connectivity index (χ1n) is 6.12. The van der Waals surface area contributed by atoms with Crippen molar-refractivity contribution in [3.63, 3.8) is 0 Å². The second-order valence-electron chi connectivity index (χ2n) is 4.44. The minimum atomic E-state index is 0.668. The maximum atomic E-state index is 4.81. The minimum Gasteiger partial charge on any atom is -0.364 e. The maximum absolute atomic E-state index is 4.81. The van der Waals surface area contributed by atoms with Crippen LogP contribution in [0.5, 0.6) is 0 Å². The number of thioether (sulfide) groups is 1. The van der Waals surface area contributed by atoms with Gasteiger partial charge in [0.25, 0.3) is 0 Å². The zero-order valence-electron chi connectivity index (χ0n) is 11.1. The topological polar surface area (TPSA) is 69.6 Å². The summed E-state index contributed by atoms with van der Waals surface area (Å²) in [5.41, 5.74) is 4.21. The Morgan fingerprint density at radius 2 is 2.15 bits per heavy atom. The number of hydrogen-bond acceptors (Lipinski definition) is 6. The quantitative estimate of drug-likeness (QED) is 0.687. The van der Waals surface area contributed by atoms with E-state index in [-0.39, 0.29) is 0 Å². The van der Waals surface area contributed by atoms with E-state index in [9.17, 15) is 0 Å². The molecular weight excluding hydrogens is 274 g/mol. The third-order valence-electron chi connectivity index (χ3n) is 2.86. The summed E-state index contributed by atoms with van der Waals surface area (Å²) in [6.07, 6.45) is 1.56. The average Bonchev–Trinajstić information content (AvgIpc) is 3.07. The van der Waals surface area contributed by atoms with Gasteiger partial charge in [0.2, 0.25) is 5.16 Å². The van der Waals surface area contributed by atoms with Crippen LogP contribution in [0.25, 0.3) is 5.69 Å². The standard InChI is InChI=1S/C13H13N5OS/c1-9-3-4-12(10(2)7-9)18-13(14-16-17-18)20-8-11-5-6-19-15-11/h3-7H,8H2,1-2H3. The van der Waals surface area contributed by atoms with Gasteiger partial charge in [0.05, 0.1) is 11.4 Å². The van der Waals surface area contributed by atoms with E-state index in [0.29, 0.717) is 5.75 Å². The van der Waals surface area contributed by atoms with Gasteiger partial charge in [0.1, 0.15) is 6.26 Å². The molecule has 0 aliphatic heterocycles. The van der Waals surface area contributed by atoms with Crippen molar-refractivity contribution in [2.45, 2.75) is 24.8 Å². The summed E-state index contributed by atoms with van der Waals surface area (Å²) in [6, 6.07) is 8.03. The summed E-state index contributed by atoms with van der Waals surface area (Å²) in [5, 5.41) is 16.5. The normalized spacial score (nSPS) is 10.9. The van der Waals surface area contributed by atoms with Crippen LogP contribution >= 0.6 is 11.8 Å². The number of aryl methyl sites for hydroxylation is 2. The van der Waals surface area contributed by atoms with Crippen molar-refractivity contribution in [1.29, 1.82) is 0 Å². The van der Waals surface area contributed by atoms with Crippen LogP contribution in [0, 0.1) is 13.8 Å². The third-order valence-corrected chi connectivity index (χ3v) is 3.81. The van der Waals surface area contributed by atoms with Crippen LogP contribution in [0.1, 0.15) is 16.8 Å². The van der Waals surface area contributed by atoms with Gasteiger partial charge in [-0.25, -0.2) is 0 Å². The van der Waals surface area contributed by atoms with Crippen LogP contribution in [-0.2, 0) is 5.75 Å². The van der Waals surface area contributed by atoms with Crippen molar-refractivity contribution in [1.82, 2.24) is 25.4 Å². The van der Waals surface area contributed by atoms with Gasteiger partial charge >= 0.3 is 0 Å². The van der Waals surface area contributed by atoms with Crippen LogP contribution in [-0.4, -0.2) is 25.4 Å². The molecule has 0 atom stereocenters. The Hall–Kier alpha value is -2.15. The molecule has 0 saturated heterocycles. The van der Waals surface area contributed by atoms with Gasteiger partial charge < -0.3 is 4.52 Å². The van der Waals surface area contributed by atoms with Crippen LogP contribution < -0.4 is 0 Å². The summed E-state index contributed by atoms with van der Waals surface area (Å²) in [6.45, 7) is 4.12. The summed E-state index contributed by atoms with van der Waals surface area (Å²) in [5.74, 6) is 0.668. The summed E-state index contributed by atoms with van der Waals surface area (Å²) in [7, 11) is 0. The molecule has 7 heteroatoms. The molecule has 0 amide bonds. The Balaban J connectivity index is 1.86. The van der Waals surface area contributed by atoms with E-state index in [2.05, 4.69) is 46.7 Å². The van der Waals surface area contributed by atoms with Crippen molar-refractivity contribution in [3.05, 3.63) is 47.3 Å². The van der Waals surface area contributed by atoms with Crippen LogP contribution in [0.3, 0.4) is 0 Å². The molecule has 6 nitrogen and oxygen atoms in total. The van der Waals surface area contributed by atoms with E-state index in [1.54, 1.807) is 10.9 Å². The first-order chi connectivity index (χ1) is 9.74. The van der Waals surface area contributed by atoms with Crippen molar-refractivity contribution in [3.8, 4) is 5.69 Å². The summed E-state index contributed by atoms with van der Waals surface area (Å²) < 4.78 is 6.56. The molecule has 0 spiro atoms. The second kappa shape index (κ2) is 5.46. The molecule has 0 N–H and O–H groups in total. The van der Waals surface area contributed by atoms with E-state index in [0.717, 1.165) is 22.1 Å². The van der Waals surface area contributed by atoms with Crippen LogP contribution in [0.15, 0.2) is 40.2 Å². The fraction of sp³-hybridized carbons (Fsp3) is 0.231. The van der Waals surface area contributed by atoms with Crippen LogP contribution in [0.4, 0.5) is 0 Å². The number of rotatable bonds is 4. The number of benzene rings is 1. The first-order valence-corrected chi connectivity index (χ1v) is 7.10. The van der Waals surface area contributed by atoms with Gasteiger partial charge in [0, 0.05) is 11.8 Å². The van der Waals surface area contributed by atoms with Gasteiger partial charge in [0.15, 0.2) is 0 Å². The average molecular weight is 287 g/mol. The SMILES string of the molecule is Cc1ccc(-n2nnnc2SCc2ccon2)c(C)c1. The Kier molecular flexibility index (Phi) is 3.51. The molecule has 1 aromatic carbocycles. The van der Waals surface area contributed by atoms with E-state index < -0.39 is 0 Å². The van der Waals surface area contributed by atoms with Crippen molar-refractivity contribution < 1.29 is 4.52 Å². The number of aromatic nitrogens is 5. The molecule has 0 radical (unpaired) electrons. The lowest BCUT2D eigenvalue weighted by Gasteiger charge is -2.07. The Morgan fingerprint density at radius 3 is 2.90 bits per heavy atom. The molecule has 2 heterocycles. The largest absolute Gasteiger partial charge is 0.364 e. The molecule has 3 aromatic rings. The monoisotopic (exact) mass is 287 g/mol. The van der Waals surface area contributed by atoms with Gasteiger partial charge in [-0.05, 0) is 35.9 Å². The fourth-order valence-corrected chi connectivity index (χ4v) is 2.69. The number of hydrogen-bond donors (Lipinski definition) is 0. The Bertz CT molecular complexity index is 707. The molecule has 0 saturated carbocycles. The van der Waals surface area contributed by atoms with Gasteiger partial charge in [-0.15, -0.1) is 5.10 Å². The smallest absolute Gasteiger partial charge is 0.214 e. The zero-order chi connectivity index (χ0) is 13.9. The molecule has 0 fully saturated rings. The lowest BCUT2D eigenvalue weighted by Crippen LogP contribution is -2.01. The van der Waals surface area contributed by atoms with E-state index >= 15 is 0 Å². The van der Waals surface area contributed by atoms with E-state index in [1.165, 1.54) is 17.3 Å². The highest BCUT2D eigenvalue weighted by atomic mass is 32.2. The maximum Gasteiger partial charge on any atom is 0.214 e. The summed E-state index contributed by atoms with van der Waals surface area (Å²) in [4.78, 5) is 0. The molecule has 0 aliphatic rings. The highest BCUT2D eigenvalue weighted by Crippen LogP contribution is 2.23. The Labute approximate surface area is 120 Å². The highest BCUT2D eigenvalue weighted by molar-refractivity contribution is 7.98. The van der Waals surface area contributed by atoms with Gasteiger partial charge in [-0.3, -0.25) is 0 Å². The molecule has 3 rings (SSSR count). The third kappa shape index (κ3) is 2.57. The van der Waals surface area contributed by atoms with Crippen molar-refractivity contribution >= 4 is 11.8 Å². The lowest BCUT2D eigenvalue weighted by atomic mass is 10.1. The molecule has 20 heavy (non-hydrogen) atoms. The molecular formula is C13H13N5OS. The van der Waals surface area contributed by atoms with E-state index in [1.807, 2.05) is 12.1 Å². The second-order valence-corrected chi connectivity index (χ2v) is 5.39. The fourth-order valence-electron chi connectivity index (χ4n) is 1.91.